The van der Waals surface area contributed by atoms with Crippen LogP contribution < -0.4 is 29.7 Å². The summed E-state index contributed by atoms with van der Waals surface area (Å²) in [6.45, 7) is 3.64. The molecule has 1 aliphatic heterocycles. The first kappa shape index (κ1) is 23.5. The molecule has 1 saturated heterocycles. The molecule has 0 radical (unpaired) electrons. The van der Waals surface area contributed by atoms with Crippen molar-refractivity contribution in [1.82, 2.24) is 10.6 Å². The van der Waals surface area contributed by atoms with E-state index >= 15 is 0 Å². The van der Waals surface area contributed by atoms with Crippen LogP contribution in [0.5, 0.6) is 17.2 Å². The molecule has 2 aromatic carbocycles. The van der Waals surface area contributed by atoms with Gasteiger partial charge in [-0.3, -0.25) is 4.99 Å². The molecule has 3 rings (SSSR count). The van der Waals surface area contributed by atoms with Crippen molar-refractivity contribution in [2.24, 2.45) is 4.99 Å². The number of aliphatic imine (C=N–C) groups is 1. The summed E-state index contributed by atoms with van der Waals surface area (Å²) in [5.74, 6) is 3.22. The maximum absolute atomic E-state index is 5.61. The molecule has 1 aliphatic rings. The second kappa shape index (κ2) is 12.0. The number of hydrogen-bond donors (Lipinski definition) is 2. The highest BCUT2D eigenvalue weighted by atomic mass is 16.5. The number of nitrogens with zero attached hydrogens (tertiary/aromatic N) is 2. The van der Waals surface area contributed by atoms with Gasteiger partial charge in [-0.1, -0.05) is 12.1 Å². The molecule has 1 heterocycles. The first-order valence-electron chi connectivity index (χ1n) is 10.8. The fourth-order valence-corrected chi connectivity index (χ4v) is 3.61. The van der Waals surface area contributed by atoms with Gasteiger partial charge in [0.05, 0.1) is 20.8 Å². The van der Waals surface area contributed by atoms with Crippen LogP contribution >= 0.6 is 0 Å². The molecule has 0 amide bonds. The molecule has 32 heavy (non-hydrogen) atoms. The standard InChI is InChI=1S/C24H34N4O4/c1-25-24(26-16-18-5-7-21(8-6-18)32-12-11-29-2)27-19-9-10-28(17-19)20-13-22(30-3)15-23(14-20)31-4/h5-8,13-15,19H,9-12,16-17H2,1-4H3,(H2,25,26,27). The van der Waals surface area contributed by atoms with E-state index in [1.807, 2.05) is 30.3 Å². The molecule has 1 fully saturated rings. The Balaban J connectivity index is 1.49. The van der Waals surface area contributed by atoms with Gasteiger partial charge in [0, 0.05) is 63.7 Å². The predicted molar refractivity (Wildman–Crippen MR) is 127 cm³/mol. The van der Waals surface area contributed by atoms with E-state index in [4.69, 9.17) is 18.9 Å². The lowest BCUT2D eigenvalue weighted by Gasteiger charge is -2.21. The summed E-state index contributed by atoms with van der Waals surface area (Å²) in [4.78, 5) is 6.72. The second-order valence-corrected chi connectivity index (χ2v) is 7.56. The summed E-state index contributed by atoms with van der Waals surface area (Å²) < 4.78 is 21.4. The molecule has 2 aromatic rings. The van der Waals surface area contributed by atoms with Gasteiger partial charge in [-0.05, 0) is 24.1 Å². The SMILES string of the molecule is CN=C(NCc1ccc(OCCOC)cc1)NC1CCN(c2cc(OC)cc(OC)c2)C1. The van der Waals surface area contributed by atoms with Crippen molar-refractivity contribution in [1.29, 1.82) is 0 Å². The Morgan fingerprint density at radius 3 is 2.34 bits per heavy atom. The van der Waals surface area contributed by atoms with Crippen LogP contribution in [0.2, 0.25) is 0 Å². The molecule has 0 aliphatic carbocycles. The highest BCUT2D eigenvalue weighted by molar-refractivity contribution is 5.80. The molecule has 0 saturated carbocycles. The van der Waals surface area contributed by atoms with Crippen LogP contribution in [0.15, 0.2) is 47.5 Å². The Bertz CT molecular complexity index is 851. The number of benzene rings is 2. The van der Waals surface area contributed by atoms with Crippen molar-refractivity contribution in [3.05, 3.63) is 48.0 Å². The monoisotopic (exact) mass is 442 g/mol. The number of nitrogens with one attached hydrogen (secondary N) is 2. The summed E-state index contributed by atoms with van der Waals surface area (Å²) >= 11 is 0. The van der Waals surface area contributed by atoms with E-state index in [0.29, 0.717) is 25.8 Å². The van der Waals surface area contributed by atoms with Crippen molar-refractivity contribution in [2.75, 3.05) is 59.6 Å². The average molecular weight is 443 g/mol. The normalized spacial score (nSPS) is 16.1. The second-order valence-electron chi connectivity index (χ2n) is 7.56. The third-order valence-corrected chi connectivity index (χ3v) is 5.39. The van der Waals surface area contributed by atoms with E-state index in [1.54, 1.807) is 28.4 Å². The minimum Gasteiger partial charge on any atom is -0.497 e. The van der Waals surface area contributed by atoms with E-state index in [0.717, 1.165) is 54.0 Å². The van der Waals surface area contributed by atoms with E-state index in [9.17, 15) is 0 Å². The molecule has 8 heteroatoms. The summed E-state index contributed by atoms with van der Waals surface area (Å²) in [7, 11) is 6.80. The van der Waals surface area contributed by atoms with Crippen LogP contribution in [0.1, 0.15) is 12.0 Å². The Morgan fingerprint density at radius 1 is 1.00 bits per heavy atom. The maximum Gasteiger partial charge on any atom is 0.191 e. The zero-order valence-corrected chi connectivity index (χ0v) is 19.4. The smallest absolute Gasteiger partial charge is 0.191 e. The number of hydrogen-bond acceptors (Lipinski definition) is 6. The number of guanidine groups is 1. The molecule has 0 spiro atoms. The Kier molecular flexibility index (Phi) is 8.86. The highest BCUT2D eigenvalue weighted by Gasteiger charge is 2.24. The van der Waals surface area contributed by atoms with Gasteiger partial charge in [-0.15, -0.1) is 0 Å². The molecule has 174 valence electrons. The number of rotatable bonds is 10. The van der Waals surface area contributed by atoms with Gasteiger partial charge >= 0.3 is 0 Å². The van der Waals surface area contributed by atoms with Crippen molar-refractivity contribution in [2.45, 2.75) is 19.0 Å². The molecule has 2 N–H and O–H groups in total. The molecule has 0 bridgehead atoms. The quantitative estimate of drug-likeness (QED) is 0.333. The fraction of sp³-hybridized carbons (Fsp3) is 0.458. The van der Waals surface area contributed by atoms with Gasteiger partial charge in [0.25, 0.3) is 0 Å². The topological polar surface area (TPSA) is 76.6 Å². The van der Waals surface area contributed by atoms with E-state index in [1.165, 1.54) is 0 Å². The zero-order valence-electron chi connectivity index (χ0n) is 19.4. The number of methoxy groups -OCH3 is 3. The lowest BCUT2D eigenvalue weighted by Crippen LogP contribution is -2.44. The minimum atomic E-state index is 0.301. The third-order valence-electron chi connectivity index (χ3n) is 5.39. The van der Waals surface area contributed by atoms with Gasteiger partial charge < -0.3 is 34.5 Å². The van der Waals surface area contributed by atoms with E-state index < -0.39 is 0 Å². The largest absolute Gasteiger partial charge is 0.497 e. The number of anilines is 1. The Hall–Kier alpha value is -3.13. The van der Waals surface area contributed by atoms with Gasteiger partial charge in [0.15, 0.2) is 5.96 Å². The van der Waals surface area contributed by atoms with Crippen molar-refractivity contribution in [3.8, 4) is 17.2 Å². The molecular weight excluding hydrogens is 408 g/mol. The van der Waals surface area contributed by atoms with Crippen LogP contribution in [0.4, 0.5) is 5.69 Å². The first-order chi connectivity index (χ1) is 15.6. The van der Waals surface area contributed by atoms with E-state index in [2.05, 4.69) is 32.7 Å². The van der Waals surface area contributed by atoms with Crippen LogP contribution in [0.25, 0.3) is 0 Å². The van der Waals surface area contributed by atoms with Gasteiger partial charge in [-0.25, -0.2) is 0 Å². The van der Waals surface area contributed by atoms with Gasteiger partial charge in [0.2, 0.25) is 0 Å². The van der Waals surface area contributed by atoms with E-state index in [-0.39, 0.29) is 0 Å². The lowest BCUT2D eigenvalue weighted by molar-refractivity contribution is 0.146. The minimum absolute atomic E-state index is 0.301. The van der Waals surface area contributed by atoms with Crippen LogP contribution in [0.3, 0.4) is 0 Å². The number of ether oxygens (including phenoxy) is 4. The van der Waals surface area contributed by atoms with Crippen LogP contribution in [-0.4, -0.2) is 66.7 Å². The summed E-state index contributed by atoms with van der Waals surface area (Å²) in [6.07, 6.45) is 1.02. The molecule has 8 nitrogen and oxygen atoms in total. The van der Waals surface area contributed by atoms with Gasteiger partial charge in [-0.2, -0.15) is 0 Å². The van der Waals surface area contributed by atoms with Crippen LogP contribution in [0, 0.1) is 0 Å². The van der Waals surface area contributed by atoms with Crippen molar-refractivity contribution < 1.29 is 18.9 Å². The first-order valence-corrected chi connectivity index (χ1v) is 10.8. The van der Waals surface area contributed by atoms with Crippen molar-refractivity contribution >= 4 is 11.6 Å². The Morgan fingerprint density at radius 2 is 1.72 bits per heavy atom. The average Bonchev–Trinajstić information content (AvgIpc) is 3.31. The summed E-state index contributed by atoms with van der Waals surface area (Å²) in [6, 6.07) is 14.3. The fourth-order valence-electron chi connectivity index (χ4n) is 3.61. The summed E-state index contributed by atoms with van der Waals surface area (Å²) in [5.41, 5.74) is 2.25. The Labute approximate surface area is 190 Å². The van der Waals surface area contributed by atoms with Gasteiger partial charge in [0.1, 0.15) is 23.9 Å². The molecule has 1 unspecified atom stereocenters. The summed E-state index contributed by atoms with van der Waals surface area (Å²) in [5, 5.41) is 6.93. The molecule has 1 atom stereocenters. The van der Waals surface area contributed by atoms with Crippen LogP contribution in [-0.2, 0) is 11.3 Å². The molecule has 0 aromatic heterocycles. The lowest BCUT2D eigenvalue weighted by atomic mass is 10.2. The van der Waals surface area contributed by atoms with Crippen molar-refractivity contribution in [3.63, 3.8) is 0 Å². The predicted octanol–water partition coefficient (Wildman–Crippen LogP) is 2.67. The zero-order chi connectivity index (χ0) is 22.8. The third kappa shape index (κ3) is 6.68. The molecular formula is C24H34N4O4. The maximum atomic E-state index is 5.61. The highest BCUT2D eigenvalue weighted by Crippen LogP contribution is 2.30.